The number of carbonyl (C=O) groups excluding carboxylic acids is 2. The number of carbonyl (C=O) groups is 2. The zero-order chi connectivity index (χ0) is 16.4. The van der Waals surface area contributed by atoms with E-state index >= 15 is 0 Å². The van der Waals surface area contributed by atoms with Crippen LogP contribution in [0.1, 0.15) is 63.5 Å². The Bertz CT molecular complexity index is 694. The summed E-state index contributed by atoms with van der Waals surface area (Å²) in [5.74, 6) is 0.296. The van der Waals surface area contributed by atoms with Crippen LogP contribution >= 0.6 is 22.7 Å². The molecular formula is C16H19N3O2S2. The third-order valence-corrected chi connectivity index (χ3v) is 6.10. The number of likely N-dealkylation sites (tertiary alicyclic amines) is 1. The molecule has 122 valence electrons. The Kier molecular flexibility index (Phi) is 4.87. The third kappa shape index (κ3) is 3.50. The van der Waals surface area contributed by atoms with Crippen molar-refractivity contribution in [3.8, 4) is 0 Å². The average Bonchev–Trinajstić information content (AvgIpc) is 3.27. The first-order chi connectivity index (χ1) is 11.1. The maximum Gasteiger partial charge on any atom is 0.285 e. The fourth-order valence-electron chi connectivity index (χ4n) is 2.74. The molecule has 5 nitrogen and oxygen atoms in total. The Morgan fingerprint density at radius 3 is 2.87 bits per heavy atom. The predicted molar refractivity (Wildman–Crippen MR) is 91.3 cm³/mol. The number of hydrogen-bond acceptors (Lipinski definition) is 6. The molecule has 1 atom stereocenters. The van der Waals surface area contributed by atoms with E-state index in [4.69, 9.17) is 0 Å². The summed E-state index contributed by atoms with van der Waals surface area (Å²) in [5.41, 5.74) is 0. The third-order valence-electron chi connectivity index (χ3n) is 3.97. The molecule has 0 spiro atoms. The normalized spacial score (nSPS) is 17.9. The number of thiophene rings is 1. The second-order valence-corrected chi connectivity index (χ2v) is 7.96. The monoisotopic (exact) mass is 349 g/mol. The molecule has 23 heavy (non-hydrogen) atoms. The molecule has 1 fully saturated rings. The molecule has 0 radical (unpaired) electrons. The van der Waals surface area contributed by atoms with Crippen molar-refractivity contribution in [3.63, 3.8) is 0 Å². The summed E-state index contributed by atoms with van der Waals surface area (Å²) in [4.78, 5) is 27.6. The van der Waals surface area contributed by atoms with E-state index in [2.05, 4.69) is 10.2 Å². The molecule has 7 heteroatoms. The van der Waals surface area contributed by atoms with E-state index in [1.807, 2.05) is 31.4 Å². The summed E-state index contributed by atoms with van der Waals surface area (Å²) in [7, 11) is 0. The quantitative estimate of drug-likeness (QED) is 0.774. The molecule has 1 aliphatic rings. The van der Waals surface area contributed by atoms with Gasteiger partial charge in [-0.25, -0.2) is 0 Å². The summed E-state index contributed by atoms with van der Waals surface area (Å²) < 4.78 is 0. The lowest BCUT2D eigenvalue weighted by Gasteiger charge is -2.22. The first-order valence-corrected chi connectivity index (χ1v) is 9.47. The van der Waals surface area contributed by atoms with E-state index in [1.165, 1.54) is 22.7 Å². The highest BCUT2D eigenvalue weighted by Crippen LogP contribution is 2.27. The minimum absolute atomic E-state index is 0.0245. The van der Waals surface area contributed by atoms with Crippen LogP contribution < -0.4 is 0 Å². The van der Waals surface area contributed by atoms with Crippen molar-refractivity contribution in [2.45, 2.75) is 45.1 Å². The molecule has 0 aromatic carbocycles. The first kappa shape index (κ1) is 16.3. The van der Waals surface area contributed by atoms with E-state index in [9.17, 15) is 9.59 Å². The topological polar surface area (TPSA) is 63.2 Å². The number of nitrogens with zero attached hydrogens (tertiary/aromatic N) is 3. The van der Waals surface area contributed by atoms with Crippen LogP contribution in [0.15, 0.2) is 17.5 Å². The number of hydrogen-bond donors (Lipinski definition) is 0. The minimum atomic E-state index is -0.0871. The number of aromatic nitrogens is 2. The molecule has 0 N–H and O–H groups in total. The van der Waals surface area contributed by atoms with Crippen molar-refractivity contribution in [1.82, 2.24) is 15.1 Å². The van der Waals surface area contributed by atoms with Gasteiger partial charge < -0.3 is 4.90 Å². The van der Waals surface area contributed by atoms with Gasteiger partial charge in [-0.1, -0.05) is 31.3 Å². The number of Topliss-reactive ketones (excluding diaryl/α,β-unsaturated/α-hetero) is 1. The Morgan fingerprint density at radius 2 is 2.22 bits per heavy atom. The minimum Gasteiger partial charge on any atom is -0.333 e. The molecule has 0 bridgehead atoms. The Hall–Kier alpha value is -1.60. The standard InChI is InChI=1S/C16H19N3O2S2/c1-10(2)14-17-18-15(23-14)16(21)19-7-3-5-11(19)9-12(20)13-6-4-8-22-13/h4,6,8,10-11H,3,5,7,9H2,1-2H3. The van der Waals surface area contributed by atoms with E-state index in [-0.39, 0.29) is 23.7 Å². The van der Waals surface area contributed by atoms with Crippen molar-refractivity contribution in [1.29, 1.82) is 0 Å². The zero-order valence-electron chi connectivity index (χ0n) is 13.2. The maximum atomic E-state index is 12.7. The zero-order valence-corrected chi connectivity index (χ0v) is 14.8. The Morgan fingerprint density at radius 1 is 1.39 bits per heavy atom. The lowest BCUT2D eigenvalue weighted by atomic mass is 10.1. The second kappa shape index (κ2) is 6.88. The van der Waals surface area contributed by atoms with Gasteiger partial charge in [0, 0.05) is 24.9 Å². The highest BCUT2D eigenvalue weighted by Gasteiger charge is 2.33. The van der Waals surface area contributed by atoms with Gasteiger partial charge in [-0.05, 0) is 24.3 Å². The van der Waals surface area contributed by atoms with E-state index in [1.54, 1.807) is 4.90 Å². The second-order valence-electron chi connectivity index (χ2n) is 6.00. The fraction of sp³-hybridized carbons (Fsp3) is 0.500. The molecule has 3 heterocycles. The number of ketones is 1. The molecule has 0 saturated carbocycles. The first-order valence-electron chi connectivity index (χ1n) is 7.77. The average molecular weight is 349 g/mol. The van der Waals surface area contributed by atoms with Crippen LogP contribution in [0.4, 0.5) is 0 Å². The lowest BCUT2D eigenvalue weighted by Crippen LogP contribution is -2.36. The maximum absolute atomic E-state index is 12.7. The summed E-state index contributed by atoms with van der Waals surface area (Å²) >= 11 is 2.81. The summed E-state index contributed by atoms with van der Waals surface area (Å²) in [6, 6.07) is 3.70. The molecule has 1 amide bonds. The van der Waals surface area contributed by atoms with Crippen LogP contribution in [-0.2, 0) is 0 Å². The van der Waals surface area contributed by atoms with E-state index < -0.39 is 0 Å². The number of amides is 1. The van der Waals surface area contributed by atoms with Crippen molar-refractivity contribution < 1.29 is 9.59 Å². The molecule has 1 aliphatic heterocycles. The number of rotatable bonds is 5. The molecule has 1 saturated heterocycles. The van der Waals surface area contributed by atoms with Gasteiger partial charge >= 0.3 is 0 Å². The van der Waals surface area contributed by atoms with Crippen LogP contribution in [0.3, 0.4) is 0 Å². The summed E-state index contributed by atoms with van der Waals surface area (Å²) in [6.07, 6.45) is 2.20. The van der Waals surface area contributed by atoms with Gasteiger partial charge in [0.2, 0.25) is 5.01 Å². The molecule has 1 unspecified atom stereocenters. The molecule has 2 aromatic rings. The van der Waals surface area contributed by atoms with Crippen molar-refractivity contribution in [3.05, 3.63) is 32.4 Å². The van der Waals surface area contributed by atoms with Gasteiger partial charge in [-0.3, -0.25) is 9.59 Å². The van der Waals surface area contributed by atoms with Crippen LogP contribution in [0.2, 0.25) is 0 Å². The highest BCUT2D eigenvalue weighted by molar-refractivity contribution is 7.13. The van der Waals surface area contributed by atoms with Gasteiger partial charge in [-0.15, -0.1) is 21.5 Å². The predicted octanol–water partition coefficient (Wildman–Crippen LogP) is 3.60. The smallest absolute Gasteiger partial charge is 0.285 e. The van der Waals surface area contributed by atoms with Gasteiger partial charge in [0.25, 0.3) is 5.91 Å². The Balaban J connectivity index is 1.70. The molecular weight excluding hydrogens is 330 g/mol. The van der Waals surface area contributed by atoms with E-state index in [0.29, 0.717) is 18.0 Å². The largest absolute Gasteiger partial charge is 0.333 e. The van der Waals surface area contributed by atoms with Crippen molar-refractivity contribution in [2.24, 2.45) is 0 Å². The van der Waals surface area contributed by atoms with Crippen molar-refractivity contribution in [2.75, 3.05) is 6.54 Å². The SMILES string of the molecule is CC(C)c1nnc(C(=O)N2CCCC2CC(=O)c2cccs2)s1. The summed E-state index contributed by atoms with van der Waals surface area (Å²) in [5, 5.41) is 11.3. The Labute approximate surface area is 143 Å². The van der Waals surface area contributed by atoms with Crippen molar-refractivity contribution >= 4 is 34.4 Å². The van der Waals surface area contributed by atoms with Gasteiger partial charge in [-0.2, -0.15) is 0 Å². The van der Waals surface area contributed by atoms with Crippen LogP contribution in [-0.4, -0.2) is 39.4 Å². The van der Waals surface area contributed by atoms with Gasteiger partial charge in [0.1, 0.15) is 5.01 Å². The molecule has 0 aliphatic carbocycles. The summed E-state index contributed by atoms with van der Waals surface area (Å²) in [6.45, 7) is 4.76. The van der Waals surface area contributed by atoms with Gasteiger partial charge in [0.15, 0.2) is 5.78 Å². The molecule has 2 aromatic heterocycles. The fourth-order valence-corrected chi connectivity index (χ4v) is 4.22. The van der Waals surface area contributed by atoms with Crippen LogP contribution in [0, 0.1) is 0 Å². The van der Waals surface area contributed by atoms with Crippen LogP contribution in [0.5, 0.6) is 0 Å². The lowest BCUT2D eigenvalue weighted by molar-refractivity contribution is 0.0716. The molecule has 3 rings (SSSR count). The van der Waals surface area contributed by atoms with Crippen LogP contribution in [0.25, 0.3) is 0 Å². The van der Waals surface area contributed by atoms with E-state index in [0.717, 1.165) is 22.7 Å². The van der Waals surface area contributed by atoms with Gasteiger partial charge in [0.05, 0.1) is 4.88 Å². The highest BCUT2D eigenvalue weighted by atomic mass is 32.1.